The van der Waals surface area contributed by atoms with E-state index in [4.69, 9.17) is 9.47 Å². The fraction of sp³-hybridized carbons (Fsp3) is 0.235. The Balaban J connectivity index is 1.75. The maximum absolute atomic E-state index is 12.0. The zero-order valence-corrected chi connectivity index (χ0v) is 12.6. The maximum Gasteiger partial charge on any atom is 0.277 e. The van der Waals surface area contributed by atoms with E-state index in [2.05, 4.69) is 5.29 Å². The molecular formula is C17H16N2O4. The minimum Gasteiger partial charge on any atom is -0.497 e. The summed E-state index contributed by atoms with van der Waals surface area (Å²) in [6.45, 7) is 0.302. The van der Waals surface area contributed by atoms with Gasteiger partial charge in [-0.15, -0.1) is 4.91 Å². The van der Waals surface area contributed by atoms with Gasteiger partial charge < -0.3 is 9.47 Å². The van der Waals surface area contributed by atoms with Crippen LogP contribution in [0.4, 0.5) is 0 Å². The number of ether oxygens (including phenoxy) is 2. The highest BCUT2D eigenvalue weighted by Gasteiger charge is 2.50. The van der Waals surface area contributed by atoms with Crippen molar-refractivity contribution in [2.45, 2.75) is 18.8 Å². The number of rotatable bonds is 6. The van der Waals surface area contributed by atoms with Crippen molar-refractivity contribution in [1.82, 2.24) is 5.01 Å². The van der Waals surface area contributed by atoms with Crippen LogP contribution < -0.4 is 4.74 Å². The van der Waals surface area contributed by atoms with Crippen molar-refractivity contribution in [2.24, 2.45) is 5.29 Å². The van der Waals surface area contributed by atoms with Gasteiger partial charge in [-0.05, 0) is 23.3 Å². The Morgan fingerprint density at radius 2 is 1.78 bits per heavy atom. The minimum absolute atomic E-state index is 0.302. The molecule has 0 saturated carbocycles. The molecule has 3 rings (SSSR count). The van der Waals surface area contributed by atoms with E-state index in [0.717, 1.165) is 16.1 Å². The SMILES string of the molecule is COc1ccc([C@@H]2[C@H](OCc3ccccc3)C(=O)N2N=O)cc1. The number of nitroso groups, excluding NO2 is 1. The Bertz CT molecular complexity index is 687. The summed E-state index contributed by atoms with van der Waals surface area (Å²) in [4.78, 5) is 22.9. The van der Waals surface area contributed by atoms with Crippen LogP contribution in [0.5, 0.6) is 5.75 Å². The lowest BCUT2D eigenvalue weighted by molar-refractivity contribution is -0.177. The standard InChI is InChI=1S/C17H16N2O4/c1-22-14-9-7-13(8-10-14)15-16(17(20)19(15)18-21)23-11-12-5-3-2-4-6-12/h2-10,15-16H,11H2,1H3/t15-,16+/m1/s1. The van der Waals surface area contributed by atoms with Crippen molar-refractivity contribution < 1.29 is 14.3 Å². The number of hydrogen-bond acceptors (Lipinski definition) is 5. The monoisotopic (exact) mass is 312 g/mol. The second kappa shape index (κ2) is 6.58. The molecule has 1 fully saturated rings. The Hall–Kier alpha value is -2.73. The molecule has 1 amide bonds. The normalized spacial score (nSPS) is 20.0. The third kappa shape index (κ3) is 2.93. The molecule has 23 heavy (non-hydrogen) atoms. The summed E-state index contributed by atoms with van der Waals surface area (Å²) < 4.78 is 10.8. The van der Waals surface area contributed by atoms with E-state index in [1.54, 1.807) is 31.4 Å². The fourth-order valence-corrected chi connectivity index (χ4v) is 2.58. The predicted octanol–water partition coefficient (Wildman–Crippen LogP) is 2.85. The van der Waals surface area contributed by atoms with Crippen molar-refractivity contribution in [3.05, 3.63) is 70.6 Å². The van der Waals surface area contributed by atoms with E-state index in [0.29, 0.717) is 12.4 Å². The zero-order chi connectivity index (χ0) is 16.2. The quantitative estimate of drug-likeness (QED) is 0.607. The van der Waals surface area contributed by atoms with E-state index >= 15 is 0 Å². The summed E-state index contributed by atoms with van der Waals surface area (Å²) in [7, 11) is 1.58. The molecule has 0 aromatic heterocycles. The summed E-state index contributed by atoms with van der Waals surface area (Å²) in [6.07, 6.45) is -0.707. The van der Waals surface area contributed by atoms with Gasteiger partial charge in [0.1, 0.15) is 11.8 Å². The molecule has 0 N–H and O–H groups in total. The van der Waals surface area contributed by atoms with Gasteiger partial charge in [0, 0.05) is 0 Å². The first kappa shape index (κ1) is 15.2. The highest BCUT2D eigenvalue weighted by Crippen LogP contribution is 2.38. The van der Waals surface area contributed by atoms with Crippen molar-refractivity contribution in [3.63, 3.8) is 0 Å². The number of amides is 1. The number of carbonyl (C=O) groups excluding carboxylic acids is 1. The zero-order valence-electron chi connectivity index (χ0n) is 12.6. The summed E-state index contributed by atoms with van der Waals surface area (Å²) in [5.74, 6) is 0.281. The lowest BCUT2D eigenvalue weighted by atomic mass is 9.92. The molecule has 2 aromatic carbocycles. The van der Waals surface area contributed by atoms with Gasteiger partial charge in [0.25, 0.3) is 5.91 Å². The number of carbonyl (C=O) groups is 1. The van der Waals surface area contributed by atoms with Gasteiger partial charge >= 0.3 is 0 Å². The lowest BCUT2D eigenvalue weighted by Crippen LogP contribution is -2.57. The number of β-lactam (4-membered cyclic amide) rings is 1. The second-order valence-corrected chi connectivity index (χ2v) is 5.20. The Morgan fingerprint density at radius 1 is 1.09 bits per heavy atom. The van der Waals surface area contributed by atoms with Crippen LogP contribution in [0.3, 0.4) is 0 Å². The first-order chi connectivity index (χ1) is 11.2. The highest BCUT2D eigenvalue weighted by molar-refractivity contribution is 5.88. The van der Waals surface area contributed by atoms with Crippen LogP contribution in [0.25, 0.3) is 0 Å². The van der Waals surface area contributed by atoms with Crippen LogP contribution in [0.1, 0.15) is 17.2 Å². The smallest absolute Gasteiger partial charge is 0.277 e. The third-order valence-corrected chi connectivity index (χ3v) is 3.84. The number of methoxy groups -OCH3 is 1. The molecule has 6 heteroatoms. The van der Waals surface area contributed by atoms with Crippen LogP contribution >= 0.6 is 0 Å². The Labute approximate surface area is 133 Å². The topological polar surface area (TPSA) is 68.2 Å². The molecule has 0 unspecified atom stereocenters. The van der Waals surface area contributed by atoms with Gasteiger partial charge in [0.15, 0.2) is 6.10 Å². The fourth-order valence-electron chi connectivity index (χ4n) is 2.58. The average Bonchev–Trinajstić information content (AvgIpc) is 2.61. The van der Waals surface area contributed by atoms with E-state index in [-0.39, 0.29) is 0 Å². The molecule has 0 bridgehead atoms. The molecule has 0 aliphatic carbocycles. The van der Waals surface area contributed by atoms with E-state index in [1.807, 2.05) is 30.3 Å². The van der Waals surface area contributed by atoms with Gasteiger partial charge in [0.05, 0.1) is 19.0 Å². The molecule has 1 saturated heterocycles. The summed E-state index contributed by atoms with van der Waals surface area (Å²) >= 11 is 0. The average molecular weight is 312 g/mol. The Morgan fingerprint density at radius 3 is 2.39 bits per heavy atom. The van der Waals surface area contributed by atoms with E-state index < -0.39 is 18.1 Å². The van der Waals surface area contributed by atoms with E-state index in [1.165, 1.54) is 0 Å². The van der Waals surface area contributed by atoms with Crippen LogP contribution in [0, 0.1) is 4.91 Å². The predicted molar refractivity (Wildman–Crippen MR) is 83.4 cm³/mol. The van der Waals surface area contributed by atoms with E-state index in [9.17, 15) is 9.70 Å². The van der Waals surface area contributed by atoms with Gasteiger partial charge in [0.2, 0.25) is 0 Å². The highest BCUT2D eigenvalue weighted by atomic mass is 16.5. The molecule has 0 radical (unpaired) electrons. The van der Waals surface area contributed by atoms with Gasteiger partial charge in [-0.3, -0.25) is 4.79 Å². The van der Waals surface area contributed by atoms with Crippen molar-refractivity contribution in [1.29, 1.82) is 0 Å². The summed E-state index contributed by atoms with van der Waals surface area (Å²) in [5.41, 5.74) is 1.74. The third-order valence-electron chi connectivity index (χ3n) is 3.84. The first-order valence-corrected chi connectivity index (χ1v) is 7.20. The van der Waals surface area contributed by atoms with Gasteiger partial charge in [-0.25, -0.2) is 0 Å². The Kier molecular flexibility index (Phi) is 4.34. The second-order valence-electron chi connectivity index (χ2n) is 5.20. The van der Waals surface area contributed by atoms with Crippen LogP contribution in [-0.4, -0.2) is 24.1 Å². The molecule has 1 aliphatic rings. The van der Waals surface area contributed by atoms with Gasteiger partial charge in [-0.1, -0.05) is 42.5 Å². The number of hydrogen-bond donors (Lipinski definition) is 0. The molecule has 2 aromatic rings. The first-order valence-electron chi connectivity index (χ1n) is 7.20. The molecule has 118 valence electrons. The summed E-state index contributed by atoms with van der Waals surface area (Å²) in [5, 5.41) is 3.72. The lowest BCUT2D eigenvalue weighted by Gasteiger charge is -2.41. The minimum atomic E-state index is -0.707. The molecule has 0 spiro atoms. The molecular weight excluding hydrogens is 296 g/mol. The van der Waals surface area contributed by atoms with Gasteiger partial charge in [-0.2, -0.15) is 5.01 Å². The van der Waals surface area contributed by atoms with Crippen molar-refractivity contribution in [2.75, 3.05) is 7.11 Å². The van der Waals surface area contributed by atoms with Crippen LogP contribution in [0.2, 0.25) is 0 Å². The van der Waals surface area contributed by atoms with Crippen molar-refractivity contribution in [3.8, 4) is 5.75 Å². The number of nitrogens with zero attached hydrogens (tertiary/aromatic N) is 2. The van der Waals surface area contributed by atoms with Crippen LogP contribution in [-0.2, 0) is 16.1 Å². The summed E-state index contributed by atoms with van der Waals surface area (Å²) in [6, 6.07) is 16.2. The largest absolute Gasteiger partial charge is 0.497 e. The molecule has 6 nitrogen and oxygen atoms in total. The molecule has 1 heterocycles. The van der Waals surface area contributed by atoms with Crippen LogP contribution in [0.15, 0.2) is 59.9 Å². The maximum atomic E-state index is 12.0. The molecule has 1 aliphatic heterocycles. The number of benzene rings is 2. The van der Waals surface area contributed by atoms with Crippen molar-refractivity contribution >= 4 is 5.91 Å². The molecule has 2 atom stereocenters.